The van der Waals surface area contributed by atoms with Crippen LogP contribution in [0.25, 0.3) is 33.6 Å². The van der Waals surface area contributed by atoms with Crippen molar-refractivity contribution in [3.05, 3.63) is 82.0 Å². The summed E-state index contributed by atoms with van der Waals surface area (Å²) in [6.07, 6.45) is 0.824. The Morgan fingerprint density at radius 1 is 1.06 bits per heavy atom. The number of ether oxygens (including phenoxy) is 2. The van der Waals surface area contributed by atoms with E-state index < -0.39 is 27.6 Å². The fourth-order valence-electron chi connectivity index (χ4n) is 6.43. The summed E-state index contributed by atoms with van der Waals surface area (Å²) < 4.78 is 37.7. The van der Waals surface area contributed by atoms with Gasteiger partial charge in [0.1, 0.15) is 5.60 Å². The molecule has 4 aromatic rings. The van der Waals surface area contributed by atoms with Gasteiger partial charge in [0.05, 0.1) is 52.3 Å². The number of hydrogen-bond acceptors (Lipinski definition) is 9. The fraction of sp³-hybridized carbons (Fsp3) is 0.342. The highest BCUT2D eigenvalue weighted by Crippen LogP contribution is 2.42. The summed E-state index contributed by atoms with van der Waals surface area (Å²) >= 11 is 14.1. The molecule has 3 amide bonds. The number of nitrogens with one attached hydrogen (secondary N) is 1. The number of amides is 3. The average Bonchev–Trinajstić information content (AvgIpc) is 3.47. The largest absolute Gasteiger partial charge is 0.481 e. The first-order valence-electron chi connectivity index (χ1n) is 17.1. The number of carboxylic acid groups (broad SMARTS) is 1. The number of benzene rings is 2. The molecule has 0 aliphatic carbocycles. The van der Waals surface area contributed by atoms with Gasteiger partial charge in [0.2, 0.25) is 11.8 Å². The van der Waals surface area contributed by atoms with Crippen molar-refractivity contribution in [1.29, 1.82) is 0 Å². The normalized spacial score (nSPS) is 16.6. The number of pyridine rings is 2. The Kier molecular flexibility index (Phi) is 11.1. The standard InChI is InChI=1S/C38H39Cl2N5O8S/c1-38(2,3)53-37(49)45(21-25-11-13-31(46)42-25)20-24-10-12-29(43-35(24)52-4)28-7-5-6-26(32(28)39)27-14-15-41-34(33(27)40)22-8-9-23-19-44(36(47)48)16-17-54(50,51)30(23)18-22/h5-10,12,14-15,18,25H,11,13,16-17,19-21H2,1-4H3,(H,42,46)(H,47,48)/t25-/m0/s1. The molecule has 2 aliphatic heterocycles. The Bertz CT molecular complexity index is 2250. The number of rotatable bonds is 8. The number of methoxy groups -OCH3 is 1. The first-order chi connectivity index (χ1) is 25.5. The van der Waals surface area contributed by atoms with Crippen LogP contribution >= 0.6 is 23.2 Å². The van der Waals surface area contributed by atoms with Gasteiger partial charge in [0.15, 0.2) is 9.84 Å². The van der Waals surface area contributed by atoms with Crippen LogP contribution in [0.15, 0.2) is 65.7 Å². The van der Waals surface area contributed by atoms with Crippen molar-refractivity contribution in [3.8, 4) is 39.5 Å². The van der Waals surface area contributed by atoms with Crippen LogP contribution in [0.3, 0.4) is 0 Å². The summed E-state index contributed by atoms with van der Waals surface area (Å²) in [7, 11) is -2.30. The lowest BCUT2D eigenvalue weighted by atomic mass is 9.99. The third kappa shape index (κ3) is 8.40. The topological polar surface area (TPSA) is 168 Å². The predicted molar refractivity (Wildman–Crippen MR) is 203 cm³/mol. The van der Waals surface area contributed by atoms with E-state index >= 15 is 0 Å². The zero-order valence-corrected chi connectivity index (χ0v) is 32.4. The molecule has 1 fully saturated rings. The number of carbonyl (C=O) groups is 3. The summed E-state index contributed by atoms with van der Waals surface area (Å²) in [5.74, 6) is -0.135. The van der Waals surface area contributed by atoms with E-state index in [-0.39, 0.29) is 59.7 Å². The van der Waals surface area contributed by atoms with Crippen LogP contribution in [0, 0.1) is 0 Å². The van der Waals surface area contributed by atoms with Gasteiger partial charge in [0, 0.05) is 59.6 Å². The molecule has 13 nitrogen and oxygen atoms in total. The Labute approximate surface area is 323 Å². The van der Waals surface area contributed by atoms with Crippen LogP contribution in [0.4, 0.5) is 9.59 Å². The first kappa shape index (κ1) is 38.8. The van der Waals surface area contributed by atoms with E-state index in [1.165, 1.54) is 18.1 Å². The molecule has 54 heavy (non-hydrogen) atoms. The molecule has 2 N–H and O–H groups in total. The molecule has 2 aromatic heterocycles. The van der Waals surface area contributed by atoms with Crippen LogP contribution in [-0.4, -0.2) is 89.0 Å². The molecule has 4 heterocycles. The lowest BCUT2D eigenvalue weighted by Gasteiger charge is -2.29. The van der Waals surface area contributed by atoms with E-state index in [1.54, 1.807) is 75.5 Å². The quantitative estimate of drug-likeness (QED) is 0.188. The van der Waals surface area contributed by atoms with Gasteiger partial charge in [-0.15, -0.1) is 0 Å². The molecular weight excluding hydrogens is 757 g/mol. The zero-order valence-electron chi connectivity index (χ0n) is 30.1. The second-order valence-electron chi connectivity index (χ2n) is 14.1. The summed E-state index contributed by atoms with van der Waals surface area (Å²) in [5, 5.41) is 13.0. The van der Waals surface area contributed by atoms with Crippen molar-refractivity contribution in [3.63, 3.8) is 0 Å². The van der Waals surface area contributed by atoms with Crippen molar-refractivity contribution in [2.45, 2.75) is 63.2 Å². The Hall–Kier alpha value is -4.92. The van der Waals surface area contributed by atoms with Gasteiger partial charge in [0.25, 0.3) is 0 Å². The summed E-state index contributed by atoms with van der Waals surface area (Å²) in [5.41, 5.74) is 3.20. The van der Waals surface area contributed by atoms with Gasteiger partial charge in [-0.2, -0.15) is 0 Å². The Morgan fingerprint density at radius 3 is 2.48 bits per heavy atom. The molecule has 0 bridgehead atoms. The molecule has 0 saturated carbocycles. The lowest BCUT2D eigenvalue weighted by molar-refractivity contribution is -0.119. The highest BCUT2D eigenvalue weighted by atomic mass is 35.5. The second kappa shape index (κ2) is 15.4. The van der Waals surface area contributed by atoms with Gasteiger partial charge in [-0.3, -0.25) is 9.78 Å². The molecule has 2 aromatic carbocycles. The molecular formula is C38H39Cl2N5O8S. The van der Waals surface area contributed by atoms with Gasteiger partial charge >= 0.3 is 12.2 Å². The molecule has 0 unspecified atom stereocenters. The highest BCUT2D eigenvalue weighted by Gasteiger charge is 2.31. The van der Waals surface area contributed by atoms with Gasteiger partial charge < -0.3 is 29.7 Å². The van der Waals surface area contributed by atoms with Gasteiger partial charge in [-0.1, -0.05) is 53.5 Å². The second-order valence-corrected chi connectivity index (χ2v) is 16.9. The number of aromatic nitrogens is 2. The lowest BCUT2D eigenvalue weighted by Crippen LogP contribution is -2.43. The van der Waals surface area contributed by atoms with Crippen LogP contribution < -0.4 is 10.1 Å². The maximum Gasteiger partial charge on any atom is 0.410 e. The summed E-state index contributed by atoms with van der Waals surface area (Å²) in [6, 6.07) is 15.2. The van der Waals surface area contributed by atoms with E-state index in [9.17, 15) is 27.9 Å². The molecule has 1 atom stereocenters. The number of fused-ring (bicyclic) bond motifs is 1. The number of carbonyl (C=O) groups excluding carboxylic acids is 2. The molecule has 2 aliphatic rings. The smallest absolute Gasteiger partial charge is 0.410 e. The van der Waals surface area contributed by atoms with E-state index in [0.717, 1.165) is 4.90 Å². The number of halogens is 2. The van der Waals surface area contributed by atoms with Crippen molar-refractivity contribution >= 4 is 51.1 Å². The monoisotopic (exact) mass is 795 g/mol. The van der Waals surface area contributed by atoms with Crippen LogP contribution in [0.1, 0.15) is 44.7 Å². The SMILES string of the molecule is COc1nc(-c2cccc(-c3ccnc(-c4ccc5c(c4)S(=O)(=O)CCN(C(=O)O)C5)c3Cl)c2Cl)ccc1CN(C[C@@H]1CCC(=O)N1)C(=O)OC(C)(C)C. The van der Waals surface area contributed by atoms with Gasteiger partial charge in [-0.05, 0) is 57.0 Å². The third-order valence-corrected chi connectivity index (χ3v) is 11.6. The first-order valence-corrected chi connectivity index (χ1v) is 19.5. The van der Waals surface area contributed by atoms with E-state index in [4.69, 9.17) is 37.7 Å². The Balaban J connectivity index is 1.31. The minimum absolute atomic E-state index is 0.0371. The van der Waals surface area contributed by atoms with Gasteiger partial charge in [-0.25, -0.2) is 23.0 Å². The molecule has 6 rings (SSSR count). The van der Waals surface area contributed by atoms with E-state index in [1.807, 2.05) is 0 Å². The highest BCUT2D eigenvalue weighted by molar-refractivity contribution is 7.91. The predicted octanol–water partition coefficient (Wildman–Crippen LogP) is 7.08. The average molecular weight is 797 g/mol. The van der Waals surface area contributed by atoms with Crippen molar-refractivity contribution in [2.24, 2.45) is 0 Å². The summed E-state index contributed by atoms with van der Waals surface area (Å²) in [4.78, 5) is 48.6. The van der Waals surface area contributed by atoms with Crippen molar-refractivity contribution in [1.82, 2.24) is 25.1 Å². The number of nitrogens with zero attached hydrogens (tertiary/aromatic N) is 4. The maximum absolute atomic E-state index is 13.3. The summed E-state index contributed by atoms with van der Waals surface area (Å²) in [6.45, 7) is 5.52. The van der Waals surface area contributed by atoms with Crippen molar-refractivity contribution in [2.75, 3.05) is 26.0 Å². The van der Waals surface area contributed by atoms with Crippen LogP contribution in [-0.2, 0) is 32.5 Å². The van der Waals surface area contributed by atoms with Crippen LogP contribution in [0.2, 0.25) is 10.0 Å². The minimum atomic E-state index is -3.78. The maximum atomic E-state index is 13.3. The molecule has 0 radical (unpaired) electrons. The zero-order chi connectivity index (χ0) is 38.9. The minimum Gasteiger partial charge on any atom is -0.481 e. The molecule has 0 spiro atoms. The number of hydrogen-bond donors (Lipinski definition) is 2. The third-order valence-electron chi connectivity index (χ3n) is 9.06. The van der Waals surface area contributed by atoms with Crippen LogP contribution in [0.5, 0.6) is 5.88 Å². The van der Waals surface area contributed by atoms with E-state index in [2.05, 4.69) is 10.3 Å². The fourth-order valence-corrected chi connectivity index (χ4v) is 8.60. The van der Waals surface area contributed by atoms with Crippen molar-refractivity contribution < 1.29 is 37.4 Å². The molecule has 16 heteroatoms. The number of sulfone groups is 1. The molecule has 284 valence electrons. The van der Waals surface area contributed by atoms with E-state index in [0.29, 0.717) is 62.6 Å². The Morgan fingerprint density at radius 2 is 1.80 bits per heavy atom. The molecule has 1 saturated heterocycles.